The molecule has 29 heavy (non-hydrogen) atoms. The molecule has 0 spiro atoms. The number of rotatable bonds is 3. The molecule has 0 atom stereocenters. The Bertz CT molecular complexity index is 1330. The van der Waals surface area contributed by atoms with Gasteiger partial charge in [0, 0.05) is 33.7 Å². The molecule has 0 unspecified atom stereocenters. The standard InChI is InChI=1S/C22H16N6O/c1-27-25-22(24-26-27)20-17-11-5-6-12-18(17)23-21(15-8-3-2-4-9-15)19(20)16-10-7-13-28(29)14-16/h2-14H,1H3. The van der Waals surface area contributed by atoms with E-state index in [2.05, 4.69) is 15.4 Å². The molecule has 0 N–H and O–H groups in total. The summed E-state index contributed by atoms with van der Waals surface area (Å²) in [7, 11) is 1.73. The van der Waals surface area contributed by atoms with Crippen LogP contribution < -0.4 is 4.73 Å². The van der Waals surface area contributed by atoms with E-state index in [9.17, 15) is 5.21 Å². The molecule has 0 fully saturated rings. The molecule has 0 aliphatic carbocycles. The fourth-order valence-corrected chi connectivity index (χ4v) is 3.52. The van der Waals surface area contributed by atoms with E-state index >= 15 is 0 Å². The summed E-state index contributed by atoms with van der Waals surface area (Å²) < 4.78 is 0.785. The number of nitrogens with zero attached hydrogens (tertiary/aromatic N) is 6. The topological polar surface area (TPSA) is 83.4 Å². The van der Waals surface area contributed by atoms with Crippen molar-refractivity contribution >= 4 is 10.9 Å². The lowest BCUT2D eigenvalue weighted by Crippen LogP contribution is -2.24. The minimum atomic E-state index is 0.486. The Morgan fingerprint density at radius 1 is 0.862 bits per heavy atom. The number of hydrogen-bond donors (Lipinski definition) is 0. The highest BCUT2D eigenvalue weighted by Gasteiger charge is 2.23. The molecular formula is C22H16N6O. The largest absolute Gasteiger partial charge is 0.619 e. The van der Waals surface area contributed by atoms with E-state index in [0.717, 1.165) is 43.6 Å². The third-order valence-corrected chi connectivity index (χ3v) is 4.74. The maximum absolute atomic E-state index is 12.1. The lowest BCUT2D eigenvalue weighted by Gasteiger charge is -2.15. The van der Waals surface area contributed by atoms with Crippen molar-refractivity contribution in [1.82, 2.24) is 25.2 Å². The number of para-hydroxylation sites is 1. The van der Waals surface area contributed by atoms with Crippen molar-refractivity contribution in [2.24, 2.45) is 7.05 Å². The predicted molar refractivity (Wildman–Crippen MR) is 109 cm³/mol. The Morgan fingerprint density at radius 3 is 2.38 bits per heavy atom. The van der Waals surface area contributed by atoms with Crippen LogP contribution >= 0.6 is 0 Å². The molecule has 3 heterocycles. The van der Waals surface area contributed by atoms with Crippen molar-refractivity contribution in [3.8, 4) is 33.8 Å². The molecule has 0 radical (unpaired) electrons. The van der Waals surface area contributed by atoms with Crippen molar-refractivity contribution < 1.29 is 4.73 Å². The number of aromatic nitrogens is 6. The van der Waals surface area contributed by atoms with Gasteiger partial charge in [-0.15, -0.1) is 10.2 Å². The molecule has 3 aromatic heterocycles. The number of benzene rings is 2. The third-order valence-electron chi connectivity index (χ3n) is 4.74. The van der Waals surface area contributed by atoms with Crippen LogP contribution in [-0.2, 0) is 7.05 Å². The SMILES string of the molecule is Cn1nnc(-c2c(-c3ccc[n+]([O-])c3)c(-c3ccccc3)nc3ccccc23)n1. The fourth-order valence-electron chi connectivity index (χ4n) is 3.52. The molecule has 0 saturated carbocycles. The Balaban J connectivity index is 1.97. The van der Waals surface area contributed by atoms with Gasteiger partial charge in [-0.1, -0.05) is 48.5 Å². The van der Waals surface area contributed by atoms with E-state index in [1.165, 1.54) is 17.2 Å². The highest BCUT2D eigenvalue weighted by atomic mass is 16.5. The Hall–Kier alpha value is -4.13. The van der Waals surface area contributed by atoms with E-state index in [1.54, 1.807) is 13.1 Å². The van der Waals surface area contributed by atoms with Crippen LogP contribution in [0.1, 0.15) is 0 Å². The smallest absolute Gasteiger partial charge is 0.206 e. The summed E-state index contributed by atoms with van der Waals surface area (Å²) in [6, 6.07) is 21.4. The van der Waals surface area contributed by atoms with Gasteiger partial charge in [0.1, 0.15) is 0 Å². The van der Waals surface area contributed by atoms with Crippen LogP contribution in [0, 0.1) is 5.21 Å². The van der Waals surface area contributed by atoms with Gasteiger partial charge in [-0.3, -0.25) is 0 Å². The number of tetrazole rings is 1. The Morgan fingerprint density at radius 2 is 1.62 bits per heavy atom. The number of fused-ring (bicyclic) bond motifs is 1. The first kappa shape index (κ1) is 17.0. The first-order valence-corrected chi connectivity index (χ1v) is 9.12. The van der Waals surface area contributed by atoms with E-state index in [0.29, 0.717) is 5.82 Å². The zero-order chi connectivity index (χ0) is 19.8. The predicted octanol–water partition coefficient (Wildman–Crippen LogP) is 3.39. The average Bonchev–Trinajstić information content (AvgIpc) is 3.19. The second-order valence-electron chi connectivity index (χ2n) is 6.65. The molecule has 0 bridgehead atoms. The summed E-state index contributed by atoms with van der Waals surface area (Å²) >= 11 is 0. The van der Waals surface area contributed by atoms with Crippen LogP contribution in [0.3, 0.4) is 0 Å². The number of aryl methyl sites for hydroxylation is 1. The molecule has 5 rings (SSSR count). The first-order chi connectivity index (χ1) is 14.2. The van der Waals surface area contributed by atoms with Gasteiger partial charge >= 0.3 is 0 Å². The van der Waals surface area contributed by atoms with Gasteiger partial charge in [0.05, 0.1) is 18.3 Å². The zero-order valence-electron chi connectivity index (χ0n) is 15.6. The molecule has 7 heteroatoms. The van der Waals surface area contributed by atoms with Crippen molar-refractivity contribution in [3.63, 3.8) is 0 Å². The molecule has 0 amide bonds. The first-order valence-electron chi connectivity index (χ1n) is 9.12. The zero-order valence-corrected chi connectivity index (χ0v) is 15.6. The Labute approximate surface area is 166 Å². The molecule has 2 aromatic carbocycles. The molecule has 0 aliphatic rings. The molecular weight excluding hydrogens is 364 g/mol. The van der Waals surface area contributed by atoms with Crippen LogP contribution in [0.15, 0.2) is 79.1 Å². The quantitative estimate of drug-likeness (QED) is 0.354. The minimum absolute atomic E-state index is 0.486. The lowest BCUT2D eigenvalue weighted by atomic mass is 9.92. The second-order valence-corrected chi connectivity index (χ2v) is 6.65. The molecule has 140 valence electrons. The van der Waals surface area contributed by atoms with Crippen LogP contribution in [0.5, 0.6) is 0 Å². The molecule has 0 saturated heterocycles. The summed E-state index contributed by atoms with van der Waals surface area (Å²) in [5.41, 5.74) is 4.87. The molecule has 0 aliphatic heterocycles. The van der Waals surface area contributed by atoms with Crippen LogP contribution in [-0.4, -0.2) is 25.2 Å². The summed E-state index contributed by atoms with van der Waals surface area (Å²) in [5.74, 6) is 0.486. The fraction of sp³-hybridized carbons (Fsp3) is 0.0455. The monoisotopic (exact) mass is 380 g/mol. The van der Waals surface area contributed by atoms with Gasteiger partial charge in [-0.25, -0.2) is 4.98 Å². The van der Waals surface area contributed by atoms with Crippen molar-refractivity contribution in [2.45, 2.75) is 0 Å². The highest BCUT2D eigenvalue weighted by Crippen LogP contribution is 2.41. The van der Waals surface area contributed by atoms with Crippen molar-refractivity contribution in [3.05, 3.63) is 84.3 Å². The van der Waals surface area contributed by atoms with Crippen LogP contribution in [0.4, 0.5) is 0 Å². The lowest BCUT2D eigenvalue weighted by molar-refractivity contribution is -0.604. The van der Waals surface area contributed by atoms with Crippen molar-refractivity contribution in [1.29, 1.82) is 0 Å². The van der Waals surface area contributed by atoms with E-state index in [-0.39, 0.29) is 0 Å². The average molecular weight is 380 g/mol. The van der Waals surface area contributed by atoms with Gasteiger partial charge < -0.3 is 5.21 Å². The minimum Gasteiger partial charge on any atom is -0.619 e. The Kier molecular flexibility index (Phi) is 3.98. The van der Waals surface area contributed by atoms with Crippen molar-refractivity contribution in [2.75, 3.05) is 0 Å². The summed E-state index contributed by atoms with van der Waals surface area (Å²) in [5, 5.41) is 25.7. The third kappa shape index (κ3) is 2.98. The van der Waals surface area contributed by atoms with E-state index in [4.69, 9.17) is 4.98 Å². The maximum atomic E-state index is 12.1. The normalized spacial score (nSPS) is 11.1. The number of pyridine rings is 2. The van der Waals surface area contributed by atoms with Gasteiger partial charge in [0.2, 0.25) is 5.82 Å². The number of hydrogen-bond acceptors (Lipinski definition) is 5. The van der Waals surface area contributed by atoms with Gasteiger partial charge in [-0.05, 0) is 17.3 Å². The summed E-state index contributed by atoms with van der Waals surface area (Å²) in [6.07, 6.45) is 3.00. The maximum Gasteiger partial charge on any atom is 0.206 e. The highest BCUT2D eigenvalue weighted by molar-refractivity contribution is 6.05. The van der Waals surface area contributed by atoms with E-state index in [1.807, 2.05) is 60.7 Å². The molecule has 5 aromatic rings. The summed E-state index contributed by atoms with van der Waals surface area (Å²) in [4.78, 5) is 6.38. The van der Waals surface area contributed by atoms with Gasteiger partial charge in [-0.2, -0.15) is 9.53 Å². The van der Waals surface area contributed by atoms with Crippen LogP contribution in [0.25, 0.3) is 44.7 Å². The molecule has 7 nitrogen and oxygen atoms in total. The second kappa shape index (κ2) is 6.79. The summed E-state index contributed by atoms with van der Waals surface area (Å²) in [6.45, 7) is 0. The van der Waals surface area contributed by atoms with Gasteiger partial charge in [0.15, 0.2) is 12.4 Å². The van der Waals surface area contributed by atoms with E-state index < -0.39 is 0 Å². The van der Waals surface area contributed by atoms with Crippen LogP contribution in [0.2, 0.25) is 0 Å². The van der Waals surface area contributed by atoms with Gasteiger partial charge in [0.25, 0.3) is 0 Å².